The smallest absolute Gasteiger partial charge is 0.488 e. The minimum absolute atomic E-state index is 0.00277. The predicted molar refractivity (Wildman–Crippen MR) is 417 cm³/mol. The lowest BCUT2D eigenvalue weighted by Crippen LogP contribution is -2.52. The lowest BCUT2D eigenvalue weighted by molar-refractivity contribution is -0.146. The Kier molecular flexibility index (Phi) is 34.3. The van der Waals surface area contributed by atoms with Crippen molar-refractivity contribution in [2.24, 2.45) is 5.73 Å². The van der Waals surface area contributed by atoms with Gasteiger partial charge in [-0.05, 0) is 184 Å². The van der Waals surface area contributed by atoms with Gasteiger partial charge < -0.3 is 79.9 Å². The molecule has 23 heteroatoms. The zero-order valence-electron chi connectivity index (χ0n) is 61.1. The molecule has 0 aromatic heterocycles. The van der Waals surface area contributed by atoms with Crippen molar-refractivity contribution in [2.45, 2.75) is 72.1 Å². The molecule has 9 aromatic carbocycles. The van der Waals surface area contributed by atoms with E-state index in [1.165, 1.54) is 42.3 Å². The van der Waals surface area contributed by atoms with Gasteiger partial charge in [-0.3, -0.25) is 24.5 Å². The van der Waals surface area contributed by atoms with Gasteiger partial charge in [0.1, 0.15) is 45.6 Å². The molecule has 9 aromatic rings. The Labute approximate surface area is 623 Å². The summed E-state index contributed by atoms with van der Waals surface area (Å²) in [7, 11) is 7.74. The molecular formula is C83H92BClN2O19. The van der Waals surface area contributed by atoms with Crippen LogP contribution in [0.2, 0.25) is 5.02 Å². The first kappa shape index (κ1) is 85.9. The van der Waals surface area contributed by atoms with Gasteiger partial charge in [-0.15, -0.1) is 0 Å². The SMILES string of the molecule is CC(N)(CO)C(=O)O.COc1cc(/C=C/c2cccc(-c3cccc(CO)c3)c2C)cc(OC)c1C=O.COc1cc(/C=C/c2cccc(-c3cccc(CO)c3)c2C)cc(OC)c1CNC(C)(CO)C(=O)O.COc1cc(/C=C/c2cccc(Cl)c2C)cc(OC)c1C=O.OCc1cccc(B(O)O)c1. The standard InChI is InChI=1S/C29H33NO6.C25H24O4.C18H17ClO3.C7H9BO3.C4H9NO3/c1-19-22(8-6-10-24(19)23-9-5-7-21(13-23)17-31)12-11-20-14-26(35-3)25(27(15-20)36-4)16-30-29(2,18-32)28(33)34;1-17-20(7-5-9-22(17)21-8-4-6-19(12-21)15-26)11-10-18-13-24(28-2)23(16-27)25(14-18)29-3;1-12-14(5-4-6-16(12)19)8-7-13-9-17(21-2)15(11-20)18(10-13)22-3;9-5-6-2-1-3-7(4-6)8(10)11;1-4(5,2-6)3(7)8/h5-15,30-32H,16-18H2,1-4H3,(H,33,34);4-14,16,26H,15H2,1-3H3;4-11H,1-3H3;1-4,9-11H,5H2;6H,2,5H2,1H3,(H,7,8)/b12-11+;11-10+;8-7+;;. The maximum atomic E-state index is 11.5. The van der Waals surface area contributed by atoms with Crippen LogP contribution in [-0.4, -0.2) is 144 Å². The van der Waals surface area contributed by atoms with Gasteiger partial charge >= 0.3 is 19.1 Å². The number of nitrogens with one attached hydrogen (secondary N) is 1. The molecule has 21 nitrogen and oxygen atoms in total. The minimum Gasteiger partial charge on any atom is -0.496 e. The average molecular weight is 1470 g/mol. The van der Waals surface area contributed by atoms with Crippen LogP contribution < -0.4 is 44.9 Å². The minimum atomic E-state index is -1.49. The Morgan fingerprint density at radius 1 is 0.462 bits per heavy atom. The molecule has 2 unspecified atom stereocenters. The molecule has 9 rings (SSSR count). The van der Waals surface area contributed by atoms with E-state index in [0.717, 1.165) is 101 Å². The summed E-state index contributed by atoms with van der Waals surface area (Å²) in [5, 5.41) is 84.0. The molecule has 12 N–H and O–H groups in total. The second-order valence-electron chi connectivity index (χ2n) is 24.3. The number of rotatable bonds is 27. The number of aliphatic carboxylic acids is 2. The van der Waals surface area contributed by atoms with E-state index in [2.05, 4.69) is 37.4 Å². The van der Waals surface area contributed by atoms with Crippen molar-refractivity contribution in [3.8, 4) is 56.8 Å². The van der Waals surface area contributed by atoms with Crippen LogP contribution in [0, 0.1) is 20.8 Å². The van der Waals surface area contributed by atoms with E-state index in [1.54, 1.807) is 50.6 Å². The van der Waals surface area contributed by atoms with E-state index in [-0.39, 0.29) is 26.4 Å². The summed E-state index contributed by atoms with van der Waals surface area (Å²) >= 11 is 6.12. The lowest BCUT2D eigenvalue weighted by Gasteiger charge is -2.25. The Morgan fingerprint density at radius 2 is 0.811 bits per heavy atom. The molecule has 0 radical (unpaired) electrons. The molecular weight excluding hydrogens is 1380 g/mol. The highest BCUT2D eigenvalue weighted by molar-refractivity contribution is 6.58. The molecule has 0 aliphatic heterocycles. The van der Waals surface area contributed by atoms with Gasteiger partial charge in [-0.25, -0.2) is 0 Å². The monoisotopic (exact) mass is 1470 g/mol. The molecule has 0 bridgehead atoms. The molecule has 558 valence electrons. The fourth-order valence-electron chi connectivity index (χ4n) is 10.4. The molecule has 0 saturated carbocycles. The van der Waals surface area contributed by atoms with E-state index >= 15 is 0 Å². The second-order valence-corrected chi connectivity index (χ2v) is 24.7. The van der Waals surface area contributed by atoms with E-state index in [4.69, 9.17) is 71.1 Å². The number of nitrogens with two attached hydrogens (primary N) is 1. The third-order valence-electron chi connectivity index (χ3n) is 17.0. The summed E-state index contributed by atoms with van der Waals surface area (Å²) in [6.45, 7) is 7.75. The molecule has 0 heterocycles. The third kappa shape index (κ3) is 23.9. The van der Waals surface area contributed by atoms with E-state index in [9.17, 15) is 39.6 Å². The van der Waals surface area contributed by atoms with Gasteiger partial charge in [-0.2, -0.15) is 0 Å². The van der Waals surface area contributed by atoms with E-state index in [0.29, 0.717) is 62.2 Å². The highest BCUT2D eigenvalue weighted by atomic mass is 35.5. The Hall–Kier alpha value is -10.7. The van der Waals surface area contributed by atoms with Crippen LogP contribution in [0.4, 0.5) is 0 Å². The number of carboxylic acids is 2. The van der Waals surface area contributed by atoms with Gasteiger partial charge in [0.15, 0.2) is 12.6 Å². The number of carboxylic acid groups (broad SMARTS) is 2. The van der Waals surface area contributed by atoms with Gasteiger partial charge in [0.2, 0.25) is 0 Å². The number of carbonyl (C=O) groups is 4. The molecule has 106 heavy (non-hydrogen) atoms. The molecule has 0 spiro atoms. The molecule has 0 aliphatic carbocycles. The van der Waals surface area contributed by atoms with Gasteiger partial charge in [0.25, 0.3) is 0 Å². The summed E-state index contributed by atoms with van der Waals surface area (Å²) < 4.78 is 32.3. The van der Waals surface area contributed by atoms with Crippen molar-refractivity contribution >= 4 is 85.1 Å². The third-order valence-corrected chi connectivity index (χ3v) is 17.4. The summed E-state index contributed by atoms with van der Waals surface area (Å²) in [6, 6.07) is 51.2. The average Bonchev–Trinajstić information content (AvgIpc) is 0.822. The van der Waals surface area contributed by atoms with Gasteiger partial charge in [0.05, 0.1) is 86.8 Å². The van der Waals surface area contributed by atoms with E-state index < -0.39 is 43.3 Å². The predicted octanol–water partition coefficient (Wildman–Crippen LogP) is 11.7. The Balaban J connectivity index is 0.000000258. The second kappa shape index (κ2) is 42.3. The fourth-order valence-corrected chi connectivity index (χ4v) is 10.5. The molecule has 0 amide bonds. The fraction of sp³-hybridized carbons (Fsp3) is 0.229. The lowest BCUT2D eigenvalue weighted by atomic mass is 9.80. The van der Waals surface area contributed by atoms with Crippen LogP contribution in [0.3, 0.4) is 0 Å². The van der Waals surface area contributed by atoms with Crippen LogP contribution in [0.15, 0.2) is 164 Å². The molecule has 0 fully saturated rings. The number of ether oxygens (including phenoxy) is 6. The Morgan fingerprint density at radius 3 is 1.13 bits per heavy atom. The summed E-state index contributed by atoms with van der Waals surface area (Å²) in [5.41, 5.74) is 19.7. The number of aliphatic hydroxyl groups excluding tert-OH is 5. The van der Waals surface area contributed by atoms with Crippen LogP contribution in [0.5, 0.6) is 34.5 Å². The number of hydrogen-bond acceptors (Lipinski definition) is 19. The maximum absolute atomic E-state index is 11.5. The largest absolute Gasteiger partial charge is 0.496 e. The first-order valence-corrected chi connectivity index (χ1v) is 33.4. The molecule has 2 atom stereocenters. The Bertz CT molecular complexity index is 4460. The van der Waals surface area contributed by atoms with Crippen LogP contribution >= 0.6 is 11.6 Å². The zero-order chi connectivity index (χ0) is 78.3. The summed E-state index contributed by atoms with van der Waals surface area (Å²) in [5.74, 6) is 0.657. The molecule has 0 saturated heterocycles. The molecule has 0 aliphatic rings. The van der Waals surface area contributed by atoms with Gasteiger partial charge in [0, 0.05) is 17.1 Å². The zero-order valence-corrected chi connectivity index (χ0v) is 61.8. The summed E-state index contributed by atoms with van der Waals surface area (Å²) in [4.78, 5) is 44.0. The number of halogens is 1. The van der Waals surface area contributed by atoms with Gasteiger partial charge in [-0.1, -0.05) is 157 Å². The first-order chi connectivity index (χ1) is 50.7. The highest BCUT2D eigenvalue weighted by Crippen LogP contribution is 2.36. The van der Waals surface area contributed by atoms with Crippen LogP contribution in [0.25, 0.3) is 58.7 Å². The highest BCUT2D eigenvalue weighted by Gasteiger charge is 2.33. The number of benzene rings is 9. The quantitative estimate of drug-likeness (QED) is 0.0129. The number of methoxy groups -OCH3 is 6. The van der Waals surface area contributed by atoms with E-state index in [1.807, 2.05) is 153 Å². The van der Waals surface area contributed by atoms with Crippen molar-refractivity contribution in [3.63, 3.8) is 0 Å². The van der Waals surface area contributed by atoms with Crippen LogP contribution in [-0.2, 0) is 36.0 Å². The number of carbonyl (C=O) groups excluding carboxylic acids is 2. The summed E-state index contributed by atoms with van der Waals surface area (Å²) in [6.07, 6.45) is 13.3. The normalized spacial score (nSPS) is 11.9. The number of aldehydes is 2. The topological polar surface area (TPSA) is 344 Å². The van der Waals surface area contributed by atoms with Crippen molar-refractivity contribution in [1.29, 1.82) is 0 Å². The van der Waals surface area contributed by atoms with Crippen molar-refractivity contribution in [3.05, 3.63) is 252 Å². The number of hydrogen-bond donors (Lipinski definition) is 11. The van der Waals surface area contributed by atoms with Crippen molar-refractivity contribution < 1.29 is 93.4 Å². The first-order valence-electron chi connectivity index (χ1n) is 33.1. The van der Waals surface area contributed by atoms with Crippen molar-refractivity contribution in [2.75, 3.05) is 55.9 Å². The van der Waals surface area contributed by atoms with Crippen LogP contribution in [0.1, 0.15) is 107 Å². The number of aliphatic hydroxyl groups is 5. The maximum Gasteiger partial charge on any atom is 0.488 e. The van der Waals surface area contributed by atoms with Crippen molar-refractivity contribution in [1.82, 2.24) is 5.32 Å².